The molecular weight excluding hydrogens is 274 g/mol. The molecule has 20 heavy (non-hydrogen) atoms. The van der Waals surface area contributed by atoms with Gasteiger partial charge in [-0.25, -0.2) is 0 Å². The van der Waals surface area contributed by atoms with E-state index in [1.807, 2.05) is 23.9 Å². The monoisotopic (exact) mass is 297 g/mol. The smallest absolute Gasteiger partial charge is 0.231 e. The van der Waals surface area contributed by atoms with Gasteiger partial charge in [-0.3, -0.25) is 0 Å². The van der Waals surface area contributed by atoms with Gasteiger partial charge in [0.2, 0.25) is 12.5 Å². The Morgan fingerprint density at radius 1 is 1.40 bits per heavy atom. The Labute approximate surface area is 125 Å². The number of benzene rings is 1. The third-order valence-corrected chi connectivity index (χ3v) is 4.20. The van der Waals surface area contributed by atoms with Crippen molar-refractivity contribution >= 4 is 11.8 Å². The van der Waals surface area contributed by atoms with Gasteiger partial charge in [-0.2, -0.15) is 11.8 Å². The van der Waals surface area contributed by atoms with Crippen LogP contribution in [0.25, 0.3) is 0 Å². The molecule has 0 spiro atoms. The molecule has 1 heterocycles. The van der Waals surface area contributed by atoms with Gasteiger partial charge >= 0.3 is 0 Å². The molecular formula is C15H23NO3S. The van der Waals surface area contributed by atoms with E-state index in [9.17, 15) is 0 Å². The Balaban J connectivity index is 1.90. The highest BCUT2D eigenvalue weighted by atomic mass is 32.2. The van der Waals surface area contributed by atoms with E-state index in [4.69, 9.17) is 14.2 Å². The van der Waals surface area contributed by atoms with E-state index in [1.165, 1.54) is 17.9 Å². The summed E-state index contributed by atoms with van der Waals surface area (Å²) < 4.78 is 16.2. The van der Waals surface area contributed by atoms with Gasteiger partial charge in [0.1, 0.15) is 0 Å². The summed E-state index contributed by atoms with van der Waals surface area (Å²) in [7, 11) is 1.65. The largest absolute Gasteiger partial charge is 0.493 e. The molecule has 1 aliphatic rings. The average molecular weight is 297 g/mol. The van der Waals surface area contributed by atoms with Crippen molar-refractivity contribution in [3.63, 3.8) is 0 Å². The second-order valence-electron chi connectivity index (χ2n) is 4.80. The predicted molar refractivity (Wildman–Crippen MR) is 83.0 cm³/mol. The van der Waals surface area contributed by atoms with Crippen molar-refractivity contribution in [1.29, 1.82) is 0 Å². The average Bonchev–Trinajstić information content (AvgIpc) is 2.92. The van der Waals surface area contributed by atoms with Crippen LogP contribution in [0.4, 0.5) is 0 Å². The molecule has 0 bridgehead atoms. The number of hydrogen-bond donors (Lipinski definition) is 1. The molecule has 0 aliphatic carbocycles. The van der Waals surface area contributed by atoms with E-state index < -0.39 is 0 Å². The highest BCUT2D eigenvalue weighted by Crippen LogP contribution is 2.41. The summed E-state index contributed by atoms with van der Waals surface area (Å²) in [6.07, 6.45) is 1.18. The first-order chi connectivity index (χ1) is 9.74. The van der Waals surface area contributed by atoms with Gasteiger partial charge in [0.25, 0.3) is 0 Å². The number of hydrogen-bond acceptors (Lipinski definition) is 5. The molecule has 1 atom stereocenters. The minimum Gasteiger partial charge on any atom is -0.493 e. The lowest BCUT2D eigenvalue weighted by atomic mass is 10.1. The van der Waals surface area contributed by atoms with Gasteiger partial charge in [-0.05, 0) is 42.5 Å². The summed E-state index contributed by atoms with van der Waals surface area (Å²) in [4.78, 5) is 0. The Morgan fingerprint density at radius 2 is 2.25 bits per heavy atom. The van der Waals surface area contributed by atoms with Crippen molar-refractivity contribution in [3.05, 3.63) is 17.7 Å². The number of thioether (sulfide) groups is 1. The van der Waals surface area contributed by atoms with E-state index >= 15 is 0 Å². The summed E-state index contributed by atoms with van der Waals surface area (Å²) in [5.74, 6) is 4.62. The summed E-state index contributed by atoms with van der Waals surface area (Å²) in [6.45, 7) is 5.50. The lowest BCUT2D eigenvalue weighted by molar-refractivity contribution is 0.171. The molecule has 1 unspecified atom stereocenters. The fourth-order valence-electron chi connectivity index (χ4n) is 2.08. The maximum Gasteiger partial charge on any atom is 0.231 e. The Hall–Kier alpha value is -1.07. The first-order valence-electron chi connectivity index (χ1n) is 7.02. The Bertz CT molecular complexity index is 439. The molecule has 0 amide bonds. The normalized spacial score (nSPS) is 14.3. The van der Waals surface area contributed by atoms with Crippen LogP contribution in [0, 0.1) is 0 Å². The van der Waals surface area contributed by atoms with Crippen molar-refractivity contribution in [2.45, 2.75) is 32.9 Å². The molecule has 0 aromatic heterocycles. The van der Waals surface area contributed by atoms with E-state index in [0.29, 0.717) is 11.8 Å². The third kappa shape index (κ3) is 3.96. The molecule has 112 valence electrons. The van der Waals surface area contributed by atoms with E-state index in [-0.39, 0.29) is 6.79 Å². The Morgan fingerprint density at radius 3 is 3.00 bits per heavy atom. The van der Waals surface area contributed by atoms with Crippen LogP contribution in [0.5, 0.6) is 17.2 Å². The molecule has 2 rings (SSSR count). The third-order valence-electron chi connectivity index (χ3n) is 3.27. The first kappa shape index (κ1) is 15.3. The van der Waals surface area contributed by atoms with Gasteiger partial charge in [-0.15, -0.1) is 0 Å². The lowest BCUT2D eigenvalue weighted by Gasteiger charge is -2.14. The van der Waals surface area contributed by atoms with Crippen LogP contribution in [-0.2, 0) is 6.54 Å². The number of fused-ring (bicyclic) bond motifs is 1. The van der Waals surface area contributed by atoms with Crippen molar-refractivity contribution < 1.29 is 14.2 Å². The topological polar surface area (TPSA) is 39.7 Å². The summed E-state index contributed by atoms with van der Waals surface area (Å²) in [6, 6.07) is 4.53. The second-order valence-corrected chi connectivity index (χ2v) is 6.19. The molecule has 0 radical (unpaired) electrons. The molecule has 1 aromatic rings. The van der Waals surface area contributed by atoms with Gasteiger partial charge in [0, 0.05) is 12.6 Å². The zero-order valence-electron chi connectivity index (χ0n) is 12.4. The molecule has 0 saturated heterocycles. The summed E-state index contributed by atoms with van der Waals surface area (Å²) in [5, 5.41) is 3.54. The zero-order chi connectivity index (χ0) is 14.4. The molecule has 0 saturated carbocycles. The second kappa shape index (κ2) is 7.64. The standard InChI is InChI=1S/C15H23NO3S/c1-4-20-6-5-11(2)16-9-12-7-13(17-3)15-14(8-12)18-10-19-15/h7-8,11,16H,4-6,9-10H2,1-3H3. The Kier molecular flexibility index (Phi) is 5.86. The molecule has 0 fully saturated rings. The van der Waals surface area contributed by atoms with Crippen LogP contribution < -0.4 is 19.5 Å². The maximum absolute atomic E-state index is 5.43. The van der Waals surface area contributed by atoms with Crippen LogP contribution in [0.2, 0.25) is 0 Å². The fourth-order valence-corrected chi connectivity index (χ4v) is 2.89. The maximum atomic E-state index is 5.43. The highest BCUT2D eigenvalue weighted by molar-refractivity contribution is 7.99. The molecule has 4 nitrogen and oxygen atoms in total. The summed E-state index contributed by atoms with van der Waals surface area (Å²) >= 11 is 1.98. The number of ether oxygens (including phenoxy) is 3. The van der Waals surface area contributed by atoms with Crippen molar-refractivity contribution in [2.75, 3.05) is 25.4 Å². The van der Waals surface area contributed by atoms with Gasteiger partial charge < -0.3 is 19.5 Å². The first-order valence-corrected chi connectivity index (χ1v) is 8.17. The van der Waals surface area contributed by atoms with Crippen LogP contribution in [0.1, 0.15) is 25.8 Å². The van der Waals surface area contributed by atoms with Crippen LogP contribution in [0.3, 0.4) is 0 Å². The van der Waals surface area contributed by atoms with Crippen LogP contribution in [-0.4, -0.2) is 31.5 Å². The van der Waals surface area contributed by atoms with Crippen LogP contribution in [0.15, 0.2) is 12.1 Å². The predicted octanol–water partition coefficient (Wildman–Crippen LogP) is 3.05. The number of rotatable bonds is 8. The highest BCUT2D eigenvalue weighted by Gasteiger charge is 2.20. The number of nitrogens with one attached hydrogen (secondary N) is 1. The van der Waals surface area contributed by atoms with E-state index in [0.717, 1.165) is 23.6 Å². The molecule has 1 N–H and O–H groups in total. The summed E-state index contributed by atoms with van der Waals surface area (Å²) in [5.41, 5.74) is 1.15. The van der Waals surface area contributed by atoms with E-state index in [2.05, 4.69) is 19.2 Å². The minimum atomic E-state index is 0.271. The molecule has 1 aliphatic heterocycles. The number of methoxy groups -OCH3 is 1. The molecule has 1 aromatic carbocycles. The fraction of sp³-hybridized carbons (Fsp3) is 0.600. The SMILES string of the molecule is CCSCCC(C)NCc1cc(OC)c2c(c1)OCO2. The van der Waals surface area contributed by atoms with Crippen LogP contribution >= 0.6 is 11.8 Å². The van der Waals surface area contributed by atoms with Gasteiger partial charge in [-0.1, -0.05) is 6.92 Å². The lowest BCUT2D eigenvalue weighted by Crippen LogP contribution is -2.26. The molecule has 5 heteroatoms. The van der Waals surface area contributed by atoms with Gasteiger partial charge in [0.15, 0.2) is 11.5 Å². The quantitative estimate of drug-likeness (QED) is 0.747. The van der Waals surface area contributed by atoms with Crippen molar-refractivity contribution in [1.82, 2.24) is 5.32 Å². The van der Waals surface area contributed by atoms with Crippen molar-refractivity contribution in [2.24, 2.45) is 0 Å². The zero-order valence-corrected chi connectivity index (χ0v) is 13.2. The van der Waals surface area contributed by atoms with Gasteiger partial charge in [0.05, 0.1) is 7.11 Å². The van der Waals surface area contributed by atoms with E-state index in [1.54, 1.807) is 7.11 Å². The minimum absolute atomic E-state index is 0.271. The van der Waals surface area contributed by atoms with Crippen molar-refractivity contribution in [3.8, 4) is 17.2 Å².